The third kappa shape index (κ3) is 4.44. The van der Waals surface area contributed by atoms with Crippen LogP contribution in [0, 0.1) is 5.92 Å². The van der Waals surface area contributed by atoms with E-state index in [0.29, 0.717) is 19.4 Å². The third-order valence-electron chi connectivity index (χ3n) is 3.54. The monoisotopic (exact) mass is 299 g/mol. The van der Waals surface area contributed by atoms with Crippen LogP contribution in [0.3, 0.4) is 0 Å². The van der Waals surface area contributed by atoms with Crippen LogP contribution in [0.5, 0.6) is 0 Å². The Hall–Kier alpha value is -1.16. The first-order chi connectivity index (χ1) is 9.49. The van der Waals surface area contributed by atoms with Crippen molar-refractivity contribution < 1.29 is 14.4 Å². The lowest BCUT2D eigenvalue weighted by Gasteiger charge is -2.18. The molecule has 0 spiro atoms. The molecule has 0 radical (unpaired) electrons. The predicted molar refractivity (Wildman–Crippen MR) is 78.4 cm³/mol. The first-order valence-corrected chi connectivity index (χ1v) is 7.55. The van der Waals surface area contributed by atoms with E-state index < -0.39 is 17.2 Å². The van der Waals surface area contributed by atoms with Gasteiger partial charge in [-0.15, -0.1) is 11.6 Å². The molecule has 20 heavy (non-hydrogen) atoms. The summed E-state index contributed by atoms with van der Waals surface area (Å²) >= 11 is 5.78. The van der Waals surface area contributed by atoms with E-state index in [1.54, 1.807) is 6.92 Å². The number of amides is 2. The second-order valence-electron chi connectivity index (χ2n) is 5.09. The van der Waals surface area contributed by atoms with Gasteiger partial charge in [0.25, 0.3) is 0 Å². The first kappa shape index (κ1) is 16.9. The molecule has 1 rings (SSSR count). The summed E-state index contributed by atoms with van der Waals surface area (Å²) in [6, 6.07) is 0. The summed E-state index contributed by atoms with van der Waals surface area (Å²) in [7, 11) is 0. The molecule has 0 aromatic heterocycles. The van der Waals surface area contributed by atoms with Crippen LogP contribution >= 0.6 is 11.6 Å². The predicted octanol–water partition coefficient (Wildman–Crippen LogP) is 2.69. The summed E-state index contributed by atoms with van der Waals surface area (Å²) in [6.07, 6.45) is 7.55. The van der Waals surface area contributed by atoms with Crippen molar-refractivity contribution in [1.82, 2.24) is 4.90 Å². The summed E-state index contributed by atoms with van der Waals surface area (Å²) in [5.74, 6) is -1.62. The second-order valence-corrected chi connectivity index (χ2v) is 5.61. The molecule has 0 aromatic rings. The molecule has 2 atom stereocenters. The largest absolute Gasteiger partial charge is 0.299 e. The number of carbonyl (C=O) groups is 3. The van der Waals surface area contributed by atoms with E-state index in [9.17, 15) is 14.4 Å². The average molecular weight is 300 g/mol. The van der Waals surface area contributed by atoms with Crippen LogP contribution in [-0.2, 0) is 14.4 Å². The zero-order chi connectivity index (χ0) is 15.1. The SMILES string of the molecule is CC=CCCCCC(=O)C(C)C(=O)N1CCC(Cl)C1=O. The molecule has 2 amide bonds. The van der Waals surface area contributed by atoms with E-state index in [0.717, 1.165) is 24.2 Å². The molecule has 0 N–H and O–H groups in total. The van der Waals surface area contributed by atoms with Crippen LogP contribution in [0.15, 0.2) is 12.2 Å². The van der Waals surface area contributed by atoms with Crippen LogP contribution in [0.1, 0.15) is 46.0 Å². The number of nitrogens with zero attached hydrogens (tertiary/aromatic N) is 1. The molecule has 1 aliphatic heterocycles. The number of carbonyl (C=O) groups excluding carboxylic acids is 3. The van der Waals surface area contributed by atoms with Crippen LogP contribution < -0.4 is 0 Å². The Balaban J connectivity index is 2.40. The Bertz CT molecular complexity index is 406. The lowest BCUT2D eigenvalue weighted by atomic mass is 9.99. The molecule has 0 aromatic carbocycles. The molecule has 112 valence electrons. The first-order valence-electron chi connectivity index (χ1n) is 7.12. The van der Waals surface area contributed by atoms with E-state index in [2.05, 4.69) is 6.08 Å². The van der Waals surface area contributed by atoms with Crippen molar-refractivity contribution in [2.24, 2.45) is 5.92 Å². The van der Waals surface area contributed by atoms with Crippen LogP contribution in [-0.4, -0.2) is 34.4 Å². The molecular weight excluding hydrogens is 278 g/mol. The summed E-state index contributed by atoms with van der Waals surface area (Å²) < 4.78 is 0. The van der Waals surface area contributed by atoms with Gasteiger partial charge in [-0.2, -0.15) is 0 Å². The minimum absolute atomic E-state index is 0.0960. The highest BCUT2D eigenvalue weighted by Gasteiger charge is 2.37. The number of hydrogen-bond acceptors (Lipinski definition) is 3. The minimum Gasteiger partial charge on any atom is -0.299 e. The van der Waals surface area contributed by atoms with Crippen molar-refractivity contribution in [2.45, 2.75) is 51.3 Å². The van der Waals surface area contributed by atoms with Gasteiger partial charge in [-0.3, -0.25) is 19.3 Å². The summed E-state index contributed by atoms with van der Waals surface area (Å²) in [4.78, 5) is 36.8. The van der Waals surface area contributed by atoms with Crippen LogP contribution in [0.4, 0.5) is 0 Å². The number of rotatable bonds is 7. The van der Waals surface area contributed by atoms with Gasteiger partial charge >= 0.3 is 0 Å². The number of imide groups is 1. The van der Waals surface area contributed by atoms with Crippen molar-refractivity contribution >= 4 is 29.2 Å². The van der Waals surface area contributed by atoms with Crippen molar-refractivity contribution in [1.29, 1.82) is 0 Å². The van der Waals surface area contributed by atoms with Gasteiger partial charge in [0.2, 0.25) is 11.8 Å². The maximum atomic E-state index is 12.1. The maximum Gasteiger partial charge on any atom is 0.247 e. The van der Waals surface area contributed by atoms with E-state index in [4.69, 9.17) is 11.6 Å². The number of allylic oxidation sites excluding steroid dienone is 2. The van der Waals surface area contributed by atoms with Gasteiger partial charge in [-0.25, -0.2) is 0 Å². The highest BCUT2D eigenvalue weighted by molar-refractivity contribution is 6.32. The number of ketones is 1. The third-order valence-corrected chi connectivity index (χ3v) is 3.94. The summed E-state index contributed by atoms with van der Waals surface area (Å²) in [5, 5.41) is -0.623. The molecule has 4 nitrogen and oxygen atoms in total. The van der Waals surface area contributed by atoms with Gasteiger partial charge in [-0.05, 0) is 39.5 Å². The van der Waals surface area contributed by atoms with E-state index in [1.165, 1.54) is 0 Å². The molecule has 0 aliphatic carbocycles. The summed E-state index contributed by atoms with van der Waals surface area (Å²) in [6.45, 7) is 3.86. The van der Waals surface area contributed by atoms with Gasteiger partial charge < -0.3 is 0 Å². The zero-order valence-electron chi connectivity index (χ0n) is 12.1. The lowest BCUT2D eigenvalue weighted by Crippen LogP contribution is -2.40. The molecule has 1 aliphatic rings. The standard InChI is InChI=1S/C15H22ClNO3/c1-3-4-5-6-7-8-13(18)11(2)14(19)17-10-9-12(16)15(17)20/h3-4,11-12H,5-10H2,1-2H3. The summed E-state index contributed by atoms with van der Waals surface area (Å²) in [5.41, 5.74) is 0. The van der Waals surface area contributed by atoms with Crippen molar-refractivity contribution in [3.8, 4) is 0 Å². The number of likely N-dealkylation sites (tertiary alicyclic amines) is 1. The van der Waals surface area contributed by atoms with Crippen molar-refractivity contribution in [3.63, 3.8) is 0 Å². The number of unbranched alkanes of at least 4 members (excludes halogenated alkanes) is 2. The molecule has 1 fully saturated rings. The average Bonchev–Trinajstić information content (AvgIpc) is 2.77. The van der Waals surface area contributed by atoms with Crippen molar-refractivity contribution in [2.75, 3.05) is 6.54 Å². The number of hydrogen-bond donors (Lipinski definition) is 0. The number of Topliss-reactive ketones (excluding diaryl/α,β-unsaturated/α-hetero) is 1. The fourth-order valence-corrected chi connectivity index (χ4v) is 2.40. The Kier molecular flexibility index (Phi) is 6.93. The van der Waals surface area contributed by atoms with E-state index >= 15 is 0 Å². The molecule has 5 heteroatoms. The number of alkyl halides is 1. The highest BCUT2D eigenvalue weighted by atomic mass is 35.5. The maximum absolute atomic E-state index is 12.1. The Labute approximate surface area is 125 Å². The molecule has 2 unspecified atom stereocenters. The van der Waals surface area contributed by atoms with Crippen LogP contribution in [0.2, 0.25) is 0 Å². The van der Waals surface area contributed by atoms with Gasteiger partial charge in [0.15, 0.2) is 0 Å². The fraction of sp³-hybridized carbons (Fsp3) is 0.667. The molecule has 0 saturated carbocycles. The topological polar surface area (TPSA) is 54.5 Å². The van der Waals surface area contributed by atoms with Crippen molar-refractivity contribution in [3.05, 3.63) is 12.2 Å². The van der Waals surface area contributed by atoms with Gasteiger partial charge in [0, 0.05) is 13.0 Å². The molecule has 1 saturated heterocycles. The molecule has 0 bridgehead atoms. The quantitative estimate of drug-likeness (QED) is 0.314. The molecule has 1 heterocycles. The van der Waals surface area contributed by atoms with Gasteiger partial charge in [-0.1, -0.05) is 12.2 Å². The Morgan fingerprint density at radius 3 is 2.70 bits per heavy atom. The number of halogens is 1. The van der Waals surface area contributed by atoms with Gasteiger partial charge in [0.05, 0.1) is 5.92 Å². The lowest BCUT2D eigenvalue weighted by molar-refractivity contribution is -0.146. The Morgan fingerprint density at radius 2 is 2.15 bits per heavy atom. The molecular formula is C15H22ClNO3. The minimum atomic E-state index is -0.748. The fourth-order valence-electron chi connectivity index (χ4n) is 2.18. The highest BCUT2D eigenvalue weighted by Crippen LogP contribution is 2.20. The normalized spacial score (nSPS) is 20.6. The van der Waals surface area contributed by atoms with E-state index in [1.807, 2.05) is 13.0 Å². The van der Waals surface area contributed by atoms with E-state index in [-0.39, 0.29) is 11.7 Å². The second kappa shape index (κ2) is 8.20. The Morgan fingerprint density at radius 1 is 1.45 bits per heavy atom. The van der Waals surface area contributed by atoms with Gasteiger partial charge in [0.1, 0.15) is 11.2 Å². The van der Waals surface area contributed by atoms with Crippen LogP contribution in [0.25, 0.3) is 0 Å². The zero-order valence-corrected chi connectivity index (χ0v) is 12.9. The smallest absolute Gasteiger partial charge is 0.247 e.